The van der Waals surface area contributed by atoms with Crippen molar-refractivity contribution in [2.75, 3.05) is 38.1 Å². The van der Waals surface area contributed by atoms with Crippen molar-refractivity contribution >= 4 is 5.95 Å². The van der Waals surface area contributed by atoms with Gasteiger partial charge in [0.05, 0.1) is 12.4 Å². The third kappa shape index (κ3) is 2.62. The molecule has 0 atom stereocenters. The van der Waals surface area contributed by atoms with Crippen molar-refractivity contribution < 1.29 is 4.39 Å². The van der Waals surface area contributed by atoms with Crippen molar-refractivity contribution in [1.29, 1.82) is 0 Å². The Morgan fingerprint density at radius 3 is 2.60 bits per heavy atom. The van der Waals surface area contributed by atoms with Gasteiger partial charge in [0.2, 0.25) is 5.95 Å². The minimum absolute atomic E-state index is 0.384. The Labute approximate surface area is 88.7 Å². The molecule has 2 rings (SSSR count). The summed E-state index contributed by atoms with van der Waals surface area (Å²) in [5, 5.41) is 0. The van der Waals surface area contributed by atoms with Crippen LogP contribution in [0, 0.1) is 5.82 Å². The van der Waals surface area contributed by atoms with Crippen molar-refractivity contribution in [2.24, 2.45) is 0 Å². The second-order valence-electron chi connectivity index (χ2n) is 3.85. The lowest BCUT2D eigenvalue weighted by Gasteiger charge is -2.19. The van der Waals surface area contributed by atoms with Gasteiger partial charge < -0.3 is 9.80 Å². The Balaban J connectivity index is 2.06. The van der Waals surface area contributed by atoms with Crippen LogP contribution in [-0.4, -0.2) is 48.1 Å². The fourth-order valence-corrected chi connectivity index (χ4v) is 1.72. The molecule has 15 heavy (non-hydrogen) atoms. The summed E-state index contributed by atoms with van der Waals surface area (Å²) in [6.45, 7) is 3.94. The van der Waals surface area contributed by atoms with E-state index in [1.165, 1.54) is 12.4 Å². The van der Waals surface area contributed by atoms with Gasteiger partial charge in [-0.05, 0) is 20.0 Å². The van der Waals surface area contributed by atoms with Crippen LogP contribution in [0.25, 0.3) is 0 Å². The zero-order valence-corrected chi connectivity index (χ0v) is 8.86. The third-order valence-corrected chi connectivity index (χ3v) is 2.61. The Hall–Kier alpha value is -1.23. The van der Waals surface area contributed by atoms with Gasteiger partial charge in [-0.25, -0.2) is 14.4 Å². The summed E-state index contributed by atoms with van der Waals surface area (Å²) < 4.78 is 12.6. The van der Waals surface area contributed by atoms with Gasteiger partial charge in [0, 0.05) is 19.6 Å². The number of rotatable bonds is 1. The number of anilines is 1. The molecule has 5 heteroatoms. The molecule has 0 aliphatic carbocycles. The van der Waals surface area contributed by atoms with Crippen molar-refractivity contribution in [3.8, 4) is 0 Å². The van der Waals surface area contributed by atoms with E-state index < -0.39 is 0 Å². The summed E-state index contributed by atoms with van der Waals surface area (Å²) in [4.78, 5) is 12.4. The van der Waals surface area contributed by atoms with E-state index in [0.29, 0.717) is 5.95 Å². The van der Waals surface area contributed by atoms with E-state index in [9.17, 15) is 4.39 Å². The van der Waals surface area contributed by atoms with E-state index in [4.69, 9.17) is 0 Å². The van der Waals surface area contributed by atoms with E-state index in [1.807, 2.05) is 0 Å². The molecule has 82 valence electrons. The summed E-state index contributed by atoms with van der Waals surface area (Å²) >= 11 is 0. The first-order valence-corrected chi connectivity index (χ1v) is 5.17. The van der Waals surface area contributed by atoms with E-state index in [0.717, 1.165) is 32.6 Å². The molecule has 0 N–H and O–H groups in total. The summed E-state index contributed by atoms with van der Waals surface area (Å²) in [6.07, 6.45) is 3.53. The second kappa shape index (κ2) is 4.53. The second-order valence-corrected chi connectivity index (χ2v) is 3.85. The molecule has 0 spiro atoms. The summed E-state index contributed by atoms with van der Waals surface area (Å²) in [5.41, 5.74) is 0. The van der Waals surface area contributed by atoms with Crippen molar-refractivity contribution in [1.82, 2.24) is 14.9 Å². The normalized spacial score (nSPS) is 18.9. The Morgan fingerprint density at radius 2 is 1.87 bits per heavy atom. The predicted molar refractivity (Wildman–Crippen MR) is 56.3 cm³/mol. The number of hydrogen-bond donors (Lipinski definition) is 0. The maximum Gasteiger partial charge on any atom is 0.225 e. The highest BCUT2D eigenvalue weighted by atomic mass is 19.1. The van der Waals surface area contributed by atoms with Gasteiger partial charge in [0.25, 0.3) is 0 Å². The molecule has 0 saturated carbocycles. The highest BCUT2D eigenvalue weighted by Crippen LogP contribution is 2.09. The van der Waals surface area contributed by atoms with E-state index in [1.54, 1.807) is 0 Å². The van der Waals surface area contributed by atoms with Crippen LogP contribution in [0.2, 0.25) is 0 Å². The molecule has 2 heterocycles. The minimum Gasteiger partial charge on any atom is -0.339 e. The van der Waals surface area contributed by atoms with E-state index >= 15 is 0 Å². The van der Waals surface area contributed by atoms with Gasteiger partial charge in [-0.1, -0.05) is 0 Å². The molecule has 0 aromatic carbocycles. The van der Waals surface area contributed by atoms with Crippen LogP contribution in [0.1, 0.15) is 6.42 Å². The fourth-order valence-electron chi connectivity index (χ4n) is 1.72. The van der Waals surface area contributed by atoms with Gasteiger partial charge >= 0.3 is 0 Å². The molecular weight excluding hydrogens is 195 g/mol. The monoisotopic (exact) mass is 210 g/mol. The summed E-state index contributed by atoms with van der Waals surface area (Å²) in [5.74, 6) is 0.248. The first-order chi connectivity index (χ1) is 7.25. The number of aromatic nitrogens is 2. The first-order valence-electron chi connectivity index (χ1n) is 5.17. The number of hydrogen-bond acceptors (Lipinski definition) is 4. The quantitative estimate of drug-likeness (QED) is 0.685. The molecule has 4 nitrogen and oxygen atoms in total. The minimum atomic E-state index is -0.384. The van der Waals surface area contributed by atoms with Gasteiger partial charge in [0.15, 0.2) is 5.82 Å². The molecule has 1 saturated heterocycles. The standard InChI is InChI=1S/C10H15FN4/c1-14-3-2-4-15(6-5-14)10-12-7-9(11)8-13-10/h7-8H,2-6H2,1H3. The zero-order chi connectivity index (χ0) is 10.7. The molecule has 0 unspecified atom stereocenters. The third-order valence-electron chi connectivity index (χ3n) is 2.61. The summed E-state index contributed by atoms with van der Waals surface area (Å²) in [6, 6.07) is 0. The molecule has 0 bridgehead atoms. The molecule has 0 radical (unpaired) electrons. The van der Waals surface area contributed by atoms with Crippen LogP contribution in [0.3, 0.4) is 0 Å². The SMILES string of the molecule is CN1CCCN(c2ncc(F)cn2)CC1. The molecule has 1 aliphatic rings. The number of nitrogens with zero attached hydrogens (tertiary/aromatic N) is 4. The molecule has 1 fully saturated rings. The van der Waals surface area contributed by atoms with Crippen LogP contribution in [0.4, 0.5) is 10.3 Å². The van der Waals surface area contributed by atoms with Crippen molar-refractivity contribution in [3.63, 3.8) is 0 Å². The Morgan fingerprint density at radius 1 is 1.13 bits per heavy atom. The summed E-state index contributed by atoms with van der Waals surface area (Å²) in [7, 11) is 2.11. The average molecular weight is 210 g/mol. The van der Waals surface area contributed by atoms with Crippen molar-refractivity contribution in [2.45, 2.75) is 6.42 Å². The molecule has 1 aromatic heterocycles. The number of halogens is 1. The Kier molecular flexibility index (Phi) is 3.11. The molecule has 1 aromatic rings. The number of likely N-dealkylation sites (N-methyl/N-ethyl adjacent to an activating group) is 1. The topological polar surface area (TPSA) is 32.3 Å². The largest absolute Gasteiger partial charge is 0.339 e. The molecule has 1 aliphatic heterocycles. The lowest BCUT2D eigenvalue weighted by Crippen LogP contribution is -2.30. The van der Waals surface area contributed by atoms with Crippen LogP contribution < -0.4 is 4.90 Å². The van der Waals surface area contributed by atoms with E-state index in [2.05, 4.69) is 26.8 Å². The van der Waals surface area contributed by atoms with Gasteiger partial charge in [-0.3, -0.25) is 0 Å². The maximum absolute atomic E-state index is 12.6. The maximum atomic E-state index is 12.6. The van der Waals surface area contributed by atoms with E-state index in [-0.39, 0.29) is 5.82 Å². The lowest BCUT2D eigenvalue weighted by atomic mass is 10.4. The van der Waals surface area contributed by atoms with Crippen LogP contribution in [0.15, 0.2) is 12.4 Å². The molecular formula is C10H15FN4. The predicted octanol–water partition coefficient (Wildman–Crippen LogP) is 0.758. The van der Waals surface area contributed by atoms with Crippen LogP contribution >= 0.6 is 0 Å². The van der Waals surface area contributed by atoms with Crippen molar-refractivity contribution in [3.05, 3.63) is 18.2 Å². The highest BCUT2D eigenvalue weighted by molar-refractivity contribution is 5.28. The van der Waals surface area contributed by atoms with Gasteiger partial charge in [-0.2, -0.15) is 0 Å². The van der Waals surface area contributed by atoms with Crippen LogP contribution in [-0.2, 0) is 0 Å². The average Bonchev–Trinajstić information content (AvgIpc) is 2.44. The fraction of sp³-hybridized carbons (Fsp3) is 0.600. The smallest absolute Gasteiger partial charge is 0.225 e. The van der Waals surface area contributed by atoms with Crippen LogP contribution in [0.5, 0.6) is 0 Å². The first kappa shape index (κ1) is 10.3. The zero-order valence-electron chi connectivity index (χ0n) is 8.86. The lowest BCUT2D eigenvalue weighted by molar-refractivity contribution is 0.360. The highest BCUT2D eigenvalue weighted by Gasteiger charge is 2.14. The van der Waals surface area contributed by atoms with Gasteiger partial charge in [-0.15, -0.1) is 0 Å². The molecule has 0 amide bonds. The van der Waals surface area contributed by atoms with Gasteiger partial charge in [0.1, 0.15) is 0 Å². The Bertz CT molecular complexity index is 314.